The van der Waals surface area contributed by atoms with Gasteiger partial charge in [-0.3, -0.25) is 0 Å². The molecule has 0 saturated heterocycles. The fourth-order valence-corrected chi connectivity index (χ4v) is 4.01. The van der Waals surface area contributed by atoms with Crippen LogP contribution in [-0.2, 0) is 0 Å². The standard InChI is InChI=1S/C14H18Si/c1-11-9-12-7-5-6-8-13(12)10-14(11)15(2,3)4/h5-10H,1-4H3. The normalized spacial score (nSPS) is 12.0. The van der Waals surface area contributed by atoms with Gasteiger partial charge in [0.1, 0.15) is 0 Å². The van der Waals surface area contributed by atoms with Crippen molar-refractivity contribution in [3.05, 3.63) is 42.0 Å². The van der Waals surface area contributed by atoms with Gasteiger partial charge >= 0.3 is 0 Å². The molecule has 0 aliphatic rings. The molecule has 2 aromatic carbocycles. The van der Waals surface area contributed by atoms with E-state index in [1.54, 1.807) is 5.19 Å². The monoisotopic (exact) mass is 214 g/mol. The Morgan fingerprint density at radius 1 is 0.867 bits per heavy atom. The molecule has 0 atom stereocenters. The molecule has 0 heterocycles. The second-order valence-corrected chi connectivity index (χ2v) is 10.3. The second kappa shape index (κ2) is 3.49. The average Bonchev–Trinajstić information content (AvgIpc) is 2.15. The van der Waals surface area contributed by atoms with E-state index < -0.39 is 8.07 Å². The van der Waals surface area contributed by atoms with E-state index in [1.807, 2.05) is 0 Å². The second-order valence-electron chi connectivity index (χ2n) is 5.26. The first-order valence-electron chi connectivity index (χ1n) is 5.48. The predicted molar refractivity (Wildman–Crippen MR) is 71.7 cm³/mol. The molecule has 2 rings (SSSR count). The third kappa shape index (κ3) is 1.98. The molecule has 0 aromatic heterocycles. The molecule has 0 bridgehead atoms. The summed E-state index contributed by atoms with van der Waals surface area (Å²) in [5.74, 6) is 0. The van der Waals surface area contributed by atoms with Gasteiger partial charge in [-0.15, -0.1) is 0 Å². The van der Waals surface area contributed by atoms with Crippen molar-refractivity contribution in [2.45, 2.75) is 26.6 Å². The fraction of sp³-hybridized carbons (Fsp3) is 0.286. The van der Waals surface area contributed by atoms with Crippen LogP contribution in [0, 0.1) is 6.92 Å². The predicted octanol–water partition coefficient (Wildman–Crippen LogP) is 3.69. The zero-order valence-corrected chi connectivity index (χ0v) is 11.0. The van der Waals surface area contributed by atoms with Gasteiger partial charge in [-0.05, 0) is 17.7 Å². The maximum atomic E-state index is 2.41. The Balaban J connectivity index is 2.73. The van der Waals surface area contributed by atoms with Crippen LogP contribution in [0.1, 0.15) is 5.56 Å². The smallest absolute Gasteiger partial charge is 0.0656 e. The van der Waals surface area contributed by atoms with Gasteiger partial charge in [0, 0.05) is 0 Å². The summed E-state index contributed by atoms with van der Waals surface area (Å²) in [6.45, 7) is 9.46. The highest BCUT2D eigenvalue weighted by atomic mass is 28.3. The molecule has 0 spiro atoms. The maximum absolute atomic E-state index is 2.41. The van der Waals surface area contributed by atoms with Crippen molar-refractivity contribution in [3.8, 4) is 0 Å². The first-order chi connectivity index (χ1) is 6.98. The lowest BCUT2D eigenvalue weighted by molar-refractivity contribution is 1.52. The summed E-state index contributed by atoms with van der Waals surface area (Å²) in [6, 6.07) is 13.3. The van der Waals surface area contributed by atoms with E-state index in [-0.39, 0.29) is 0 Å². The largest absolute Gasteiger partial charge is 0.0779 e. The van der Waals surface area contributed by atoms with Gasteiger partial charge in [0.2, 0.25) is 0 Å². The minimum atomic E-state index is -1.20. The van der Waals surface area contributed by atoms with Crippen molar-refractivity contribution < 1.29 is 0 Å². The highest BCUT2D eigenvalue weighted by Gasteiger charge is 2.18. The minimum Gasteiger partial charge on any atom is -0.0656 e. The lowest BCUT2D eigenvalue weighted by Gasteiger charge is -2.20. The van der Waals surface area contributed by atoms with E-state index in [0.29, 0.717) is 0 Å². The maximum Gasteiger partial charge on any atom is 0.0779 e. The van der Waals surface area contributed by atoms with E-state index in [0.717, 1.165) is 0 Å². The SMILES string of the molecule is Cc1cc2ccccc2cc1[Si](C)(C)C. The van der Waals surface area contributed by atoms with Crippen molar-refractivity contribution in [2.24, 2.45) is 0 Å². The van der Waals surface area contributed by atoms with Gasteiger partial charge in [-0.25, -0.2) is 0 Å². The van der Waals surface area contributed by atoms with Crippen LogP contribution in [0.25, 0.3) is 10.8 Å². The average molecular weight is 214 g/mol. The number of benzene rings is 2. The zero-order chi connectivity index (χ0) is 11.1. The van der Waals surface area contributed by atoms with Crippen LogP contribution < -0.4 is 5.19 Å². The van der Waals surface area contributed by atoms with Crippen LogP contribution in [0.4, 0.5) is 0 Å². The molecule has 0 N–H and O–H groups in total. The molecular weight excluding hydrogens is 196 g/mol. The molecule has 0 aliphatic carbocycles. The van der Waals surface area contributed by atoms with Crippen molar-refractivity contribution in [1.82, 2.24) is 0 Å². The van der Waals surface area contributed by atoms with Crippen LogP contribution in [0.2, 0.25) is 19.6 Å². The molecule has 1 heteroatoms. The molecule has 15 heavy (non-hydrogen) atoms. The molecule has 78 valence electrons. The topological polar surface area (TPSA) is 0 Å². The fourth-order valence-electron chi connectivity index (χ4n) is 2.16. The van der Waals surface area contributed by atoms with Gasteiger partial charge in [0.25, 0.3) is 0 Å². The summed E-state index contributed by atoms with van der Waals surface area (Å²) >= 11 is 0. The molecule has 0 nitrogen and oxygen atoms in total. The molecule has 0 saturated carbocycles. The van der Waals surface area contributed by atoms with Crippen LogP contribution in [0.15, 0.2) is 36.4 Å². The Kier molecular flexibility index (Phi) is 2.43. The molecule has 2 aromatic rings. The van der Waals surface area contributed by atoms with Gasteiger partial charge in [-0.1, -0.05) is 66.8 Å². The molecular formula is C14H18Si. The van der Waals surface area contributed by atoms with E-state index in [1.165, 1.54) is 16.3 Å². The number of fused-ring (bicyclic) bond motifs is 1. The van der Waals surface area contributed by atoms with E-state index >= 15 is 0 Å². The molecule has 0 radical (unpaired) electrons. The van der Waals surface area contributed by atoms with Gasteiger partial charge in [0.05, 0.1) is 8.07 Å². The summed E-state index contributed by atoms with van der Waals surface area (Å²) in [6.07, 6.45) is 0. The number of rotatable bonds is 1. The highest BCUT2D eigenvalue weighted by Crippen LogP contribution is 2.16. The first-order valence-corrected chi connectivity index (χ1v) is 8.98. The third-order valence-electron chi connectivity index (χ3n) is 2.90. The van der Waals surface area contributed by atoms with Gasteiger partial charge in [-0.2, -0.15) is 0 Å². The summed E-state index contributed by atoms with van der Waals surface area (Å²) in [5.41, 5.74) is 1.45. The summed E-state index contributed by atoms with van der Waals surface area (Å²) in [7, 11) is -1.20. The number of hydrogen-bond acceptors (Lipinski definition) is 0. The molecule has 0 fully saturated rings. The van der Waals surface area contributed by atoms with Crippen molar-refractivity contribution in [1.29, 1.82) is 0 Å². The highest BCUT2D eigenvalue weighted by molar-refractivity contribution is 6.89. The Bertz CT molecular complexity index is 492. The van der Waals surface area contributed by atoms with Crippen LogP contribution >= 0.6 is 0 Å². The minimum absolute atomic E-state index is 1.20. The Labute approximate surface area is 93.0 Å². The number of hydrogen-bond donors (Lipinski definition) is 0. The van der Waals surface area contributed by atoms with Gasteiger partial charge < -0.3 is 0 Å². The van der Waals surface area contributed by atoms with Crippen molar-refractivity contribution in [2.75, 3.05) is 0 Å². The van der Waals surface area contributed by atoms with Crippen molar-refractivity contribution >= 4 is 24.0 Å². The van der Waals surface area contributed by atoms with E-state index in [4.69, 9.17) is 0 Å². The van der Waals surface area contributed by atoms with Crippen LogP contribution in [0.3, 0.4) is 0 Å². The number of aryl methyl sites for hydroxylation is 1. The molecule has 0 unspecified atom stereocenters. The third-order valence-corrected chi connectivity index (χ3v) is 5.06. The molecule has 0 amide bonds. The summed E-state index contributed by atoms with van der Waals surface area (Å²) in [4.78, 5) is 0. The Hall–Kier alpha value is -1.08. The van der Waals surface area contributed by atoms with E-state index in [9.17, 15) is 0 Å². The lowest BCUT2D eigenvalue weighted by Crippen LogP contribution is -2.39. The quantitative estimate of drug-likeness (QED) is 0.635. The van der Waals surface area contributed by atoms with Crippen LogP contribution in [0.5, 0.6) is 0 Å². The van der Waals surface area contributed by atoms with Gasteiger partial charge in [0.15, 0.2) is 0 Å². The first kappa shape index (κ1) is 10.4. The Morgan fingerprint density at radius 3 is 1.93 bits per heavy atom. The molecule has 0 aliphatic heterocycles. The lowest BCUT2D eigenvalue weighted by atomic mass is 10.1. The summed E-state index contributed by atoms with van der Waals surface area (Å²) < 4.78 is 0. The van der Waals surface area contributed by atoms with Crippen molar-refractivity contribution in [3.63, 3.8) is 0 Å². The van der Waals surface area contributed by atoms with Crippen LogP contribution in [-0.4, -0.2) is 8.07 Å². The summed E-state index contributed by atoms with van der Waals surface area (Å²) in [5, 5.41) is 4.32. The Morgan fingerprint density at radius 2 is 1.40 bits per heavy atom. The zero-order valence-electron chi connectivity index (χ0n) is 9.96. The van der Waals surface area contributed by atoms with E-state index in [2.05, 4.69) is 63.0 Å².